The van der Waals surface area contributed by atoms with E-state index in [-0.39, 0.29) is 0 Å². The van der Waals surface area contributed by atoms with E-state index in [4.69, 9.17) is 11.1 Å². The Labute approximate surface area is 79.3 Å². The van der Waals surface area contributed by atoms with Crippen molar-refractivity contribution >= 4 is 5.84 Å². The number of hydrogen-bond acceptors (Lipinski definition) is 0. The lowest BCUT2D eigenvalue weighted by molar-refractivity contribution is -0.117. The third-order valence-corrected chi connectivity index (χ3v) is 2.35. The quantitative estimate of drug-likeness (QED) is 0.494. The molecule has 0 amide bonds. The van der Waals surface area contributed by atoms with Gasteiger partial charge in [-0.15, -0.1) is 0 Å². The number of benzene rings is 1. The van der Waals surface area contributed by atoms with Gasteiger partial charge in [0.05, 0.1) is 6.42 Å². The van der Waals surface area contributed by atoms with Crippen LogP contribution in [-0.2, 0) is 6.42 Å². The van der Waals surface area contributed by atoms with Crippen molar-refractivity contribution in [3.63, 3.8) is 0 Å². The fraction of sp³-hybridized carbons (Fsp3) is 0.364. The van der Waals surface area contributed by atoms with E-state index in [1.54, 1.807) is 0 Å². The standard InChI is InChI=1S/C11H16N2/c1-7-4-9(3)10(5-8(7)2)6-11(12)13/h4-5H,6H2,1-3H3,(H3,12,13)/p+1. The predicted molar refractivity (Wildman–Crippen MR) is 55.5 cm³/mol. The summed E-state index contributed by atoms with van der Waals surface area (Å²) in [5.74, 6) is 0.478. The van der Waals surface area contributed by atoms with Gasteiger partial charge in [-0.05, 0) is 43.0 Å². The van der Waals surface area contributed by atoms with E-state index in [0.29, 0.717) is 12.3 Å². The van der Waals surface area contributed by atoms with Crippen molar-refractivity contribution in [3.8, 4) is 0 Å². The van der Waals surface area contributed by atoms with Gasteiger partial charge in [0, 0.05) is 0 Å². The Hall–Kier alpha value is -1.31. The molecular weight excluding hydrogens is 160 g/mol. The zero-order chi connectivity index (χ0) is 10.0. The Balaban J connectivity index is 3.08. The molecule has 0 atom stereocenters. The lowest BCUT2D eigenvalue weighted by Gasteiger charge is -2.07. The first-order valence-electron chi connectivity index (χ1n) is 4.44. The molecule has 0 spiro atoms. The summed E-state index contributed by atoms with van der Waals surface area (Å²) < 4.78 is 0. The van der Waals surface area contributed by atoms with Gasteiger partial charge < -0.3 is 0 Å². The molecule has 0 saturated carbocycles. The van der Waals surface area contributed by atoms with Crippen LogP contribution in [0.5, 0.6) is 0 Å². The summed E-state index contributed by atoms with van der Waals surface area (Å²) in [5, 5.41) is 5.48. The first-order chi connectivity index (χ1) is 6.00. The third kappa shape index (κ3) is 2.31. The van der Waals surface area contributed by atoms with E-state index in [1.165, 1.54) is 22.3 Å². The molecule has 0 aliphatic heterocycles. The van der Waals surface area contributed by atoms with Gasteiger partial charge in [-0.3, -0.25) is 11.1 Å². The number of rotatable bonds is 2. The Morgan fingerprint density at radius 3 is 2.23 bits per heavy atom. The molecule has 1 rings (SSSR count). The van der Waals surface area contributed by atoms with Crippen molar-refractivity contribution < 1.29 is 5.41 Å². The largest absolute Gasteiger partial charge is 0.291 e. The number of aryl methyl sites for hydroxylation is 3. The van der Waals surface area contributed by atoms with E-state index in [9.17, 15) is 0 Å². The zero-order valence-corrected chi connectivity index (χ0v) is 8.52. The molecule has 1 aromatic rings. The maximum Gasteiger partial charge on any atom is 0.242 e. The van der Waals surface area contributed by atoms with Crippen LogP contribution in [0, 0.1) is 20.8 Å². The topological polar surface area (TPSA) is 51.6 Å². The number of amidine groups is 1. The van der Waals surface area contributed by atoms with E-state index >= 15 is 0 Å². The van der Waals surface area contributed by atoms with Crippen molar-refractivity contribution in [3.05, 3.63) is 34.4 Å². The van der Waals surface area contributed by atoms with Gasteiger partial charge in [0.1, 0.15) is 0 Å². The van der Waals surface area contributed by atoms with Crippen LogP contribution in [0.2, 0.25) is 0 Å². The van der Waals surface area contributed by atoms with Crippen LogP contribution in [0.15, 0.2) is 12.1 Å². The maximum absolute atomic E-state index is 5.48. The fourth-order valence-electron chi connectivity index (χ4n) is 1.43. The minimum atomic E-state index is 0.478. The summed E-state index contributed by atoms with van der Waals surface area (Å²) in [7, 11) is 0. The minimum Gasteiger partial charge on any atom is -0.291 e. The summed E-state index contributed by atoms with van der Waals surface area (Å²) in [6.07, 6.45) is 0.674. The molecule has 0 heterocycles. The van der Waals surface area contributed by atoms with E-state index in [1.807, 2.05) is 0 Å². The van der Waals surface area contributed by atoms with Crippen LogP contribution >= 0.6 is 0 Å². The Morgan fingerprint density at radius 2 is 1.69 bits per heavy atom. The van der Waals surface area contributed by atoms with Crippen LogP contribution in [0.25, 0.3) is 0 Å². The van der Waals surface area contributed by atoms with E-state index < -0.39 is 0 Å². The molecule has 0 saturated heterocycles. The lowest BCUT2D eigenvalue weighted by Crippen LogP contribution is -2.46. The molecule has 2 nitrogen and oxygen atoms in total. The Morgan fingerprint density at radius 1 is 1.15 bits per heavy atom. The minimum absolute atomic E-state index is 0.478. The predicted octanol–water partition coefficient (Wildman–Crippen LogP) is 0.271. The van der Waals surface area contributed by atoms with Crippen LogP contribution < -0.4 is 11.1 Å². The maximum atomic E-state index is 5.48. The first-order valence-corrected chi connectivity index (χ1v) is 4.44. The Kier molecular flexibility index (Phi) is 2.71. The molecule has 0 aliphatic carbocycles. The number of nitrogens with two attached hydrogens (primary N) is 2. The van der Waals surface area contributed by atoms with Gasteiger partial charge in [-0.2, -0.15) is 0 Å². The normalized spacial score (nSPS) is 10.1. The van der Waals surface area contributed by atoms with Gasteiger partial charge in [0.2, 0.25) is 5.84 Å². The highest BCUT2D eigenvalue weighted by molar-refractivity contribution is 5.77. The monoisotopic (exact) mass is 177 g/mol. The van der Waals surface area contributed by atoms with Crippen LogP contribution in [0.1, 0.15) is 22.3 Å². The molecule has 0 radical (unpaired) electrons. The van der Waals surface area contributed by atoms with Gasteiger partial charge >= 0.3 is 0 Å². The Bertz CT molecular complexity index is 340. The van der Waals surface area contributed by atoms with E-state index in [0.717, 1.165) is 0 Å². The molecule has 0 bridgehead atoms. The SMILES string of the molecule is Cc1cc(C)c(CC(N)=[NH2+])cc1C. The molecule has 2 heteroatoms. The van der Waals surface area contributed by atoms with Crippen LogP contribution in [-0.4, -0.2) is 5.84 Å². The zero-order valence-electron chi connectivity index (χ0n) is 8.52. The van der Waals surface area contributed by atoms with Crippen molar-refractivity contribution in [2.24, 2.45) is 5.73 Å². The smallest absolute Gasteiger partial charge is 0.242 e. The summed E-state index contributed by atoms with van der Waals surface area (Å²) in [6.45, 7) is 6.30. The average molecular weight is 177 g/mol. The molecule has 13 heavy (non-hydrogen) atoms. The highest BCUT2D eigenvalue weighted by atomic mass is 14.7. The van der Waals surface area contributed by atoms with Crippen LogP contribution in [0.3, 0.4) is 0 Å². The lowest BCUT2D eigenvalue weighted by atomic mass is 9.98. The summed E-state index contributed by atoms with van der Waals surface area (Å²) in [6, 6.07) is 4.33. The van der Waals surface area contributed by atoms with Gasteiger partial charge in [0.25, 0.3) is 0 Å². The van der Waals surface area contributed by atoms with Crippen molar-refractivity contribution in [2.45, 2.75) is 27.2 Å². The molecule has 0 aromatic heterocycles. The molecule has 0 unspecified atom stereocenters. The summed E-state index contributed by atoms with van der Waals surface area (Å²) in [5.41, 5.74) is 10.6. The van der Waals surface area contributed by atoms with Crippen molar-refractivity contribution in [1.29, 1.82) is 0 Å². The molecule has 1 aromatic carbocycles. The highest BCUT2D eigenvalue weighted by Gasteiger charge is 2.04. The summed E-state index contributed by atoms with van der Waals surface area (Å²) in [4.78, 5) is 0. The fourth-order valence-corrected chi connectivity index (χ4v) is 1.43. The van der Waals surface area contributed by atoms with Crippen LogP contribution in [0.4, 0.5) is 0 Å². The van der Waals surface area contributed by atoms with Crippen molar-refractivity contribution in [2.75, 3.05) is 0 Å². The second kappa shape index (κ2) is 3.60. The molecular formula is C11H17N2+. The molecule has 4 N–H and O–H groups in total. The van der Waals surface area contributed by atoms with Gasteiger partial charge in [-0.25, -0.2) is 0 Å². The first kappa shape index (κ1) is 9.78. The second-order valence-corrected chi connectivity index (χ2v) is 3.61. The summed E-state index contributed by atoms with van der Waals surface area (Å²) >= 11 is 0. The van der Waals surface area contributed by atoms with Crippen molar-refractivity contribution in [1.82, 2.24) is 0 Å². The van der Waals surface area contributed by atoms with E-state index in [2.05, 4.69) is 32.9 Å². The van der Waals surface area contributed by atoms with Gasteiger partial charge in [-0.1, -0.05) is 12.1 Å². The number of hydrogen-bond donors (Lipinski definition) is 2. The molecule has 70 valence electrons. The second-order valence-electron chi connectivity index (χ2n) is 3.61. The third-order valence-electron chi connectivity index (χ3n) is 2.35. The average Bonchev–Trinajstić information content (AvgIpc) is 1.99. The van der Waals surface area contributed by atoms with Gasteiger partial charge in [0.15, 0.2) is 0 Å². The highest BCUT2D eigenvalue weighted by Crippen LogP contribution is 2.15. The molecule has 0 fully saturated rings. The molecule has 0 aliphatic rings.